The Morgan fingerprint density at radius 2 is 2.19 bits per heavy atom. The number of nitrogens with two attached hydrogens (primary N) is 1. The van der Waals surface area contributed by atoms with Crippen LogP contribution in [0.4, 0.5) is 0 Å². The minimum Gasteiger partial charge on any atom is -0.273 e. The van der Waals surface area contributed by atoms with Gasteiger partial charge in [-0.2, -0.15) is 0 Å². The second-order valence-corrected chi connectivity index (χ2v) is 3.36. The number of unbranched alkanes of at least 4 members (excludes halogenated alkanes) is 1. The fraction of sp³-hybridized carbons (Fsp3) is 0.556. The Balaban J connectivity index is 2.44. The predicted molar refractivity (Wildman–Crippen MR) is 55.6 cm³/mol. The minimum absolute atomic E-state index is 0.0750. The van der Waals surface area contributed by atoms with Crippen LogP contribution in [0, 0.1) is 0 Å². The van der Waals surface area contributed by atoms with Crippen molar-refractivity contribution in [1.29, 1.82) is 0 Å². The summed E-state index contributed by atoms with van der Waals surface area (Å²) in [4.78, 5) is 22.9. The van der Waals surface area contributed by atoms with Crippen LogP contribution < -0.4 is 5.84 Å². The Morgan fingerprint density at radius 1 is 1.44 bits per heavy atom. The third kappa shape index (κ3) is 3.43. The lowest BCUT2D eigenvalue weighted by molar-refractivity contribution is -0.145. The monoisotopic (exact) mass is 225 g/mol. The second-order valence-electron chi connectivity index (χ2n) is 3.36. The van der Waals surface area contributed by atoms with Gasteiger partial charge in [-0.05, 0) is 6.42 Å². The van der Waals surface area contributed by atoms with Crippen molar-refractivity contribution < 1.29 is 9.59 Å². The molecule has 0 spiro atoms. The summed E-state index contributed by atoms with van der Waals surface area (Å²) >= 11 is 0. The summed E-state index contributed by atoms with van der Waals surface area (Å²) in [6, 6.07) is 0. The van der Waals surface area contributed by atoms with Crippen molar-refractivity contribution in [2.24, 2.45) is 5.84 Å². The molecule has 0 aliphatic carbocycles. The van der Waals surface area contributed by atoms with Crippen molar-refractivity contribution in [3.05, 3.63) is 12.4 Å². The fourth-order valence-electron chi connectivity index (χ4n) is 1.12. The van der Waals surface area contributed by atoms with Crippen molar-refractivity contribution in [1.82, 2.24) is 20.0 Å². The Labute approximate surface area is 93.2 Å². The van der Waals surface area contributed by atoms with Crippen LogP contribution in [0.5, 0.6) is 0 Å². The Bertz CT molecular complexity index is 349. The zero-order valence-corrected chi connectivity index (χ0v) is 9.17. The van der Waals surface area contributed by atoms with Crippen molar-refractivity contribution >= 4 is 11.8 Å². The molecule has 0 bridgehead atoms. The molecule has 0 atom stereocenters. The summed E-state index contributed by atoms with van der Waals surface area (Å²) in [5.41, 5.74) is 0. The highest BCUT2D eigenvalue weighted by Gasteiger charge is 2.17. The van der Waals surface area contributed by atoms with Gasteiger partial charge in [-0.25, -0.2) is 15.5 Å². The first-order valence-electron chi connectivity index (χ1n) is 5.09. The standard InChI is InChI=1S/C9H15N5O2/c1-2-3-4-8(15)14(10)9(16)7-13-6-5-11-12-13/h5-6H,2-4,7,10H2,1H3. The molecule has 0 aromatic carbocycles. The molecule has 1 heterocycles. The van der Waals surface area contributed by atoms with Crippen molar-refractivity contribution in [2.45, 2.75) is 32.7 Å². The first-order chi connectivity index (χ1) is 7.65. The van der Waals surface area contributed by atoms with E-state index in [0.717, 1.165) is 12.8 Å². The van der Waals surface area contributed by atoms with Gasteiger partial charge >= 0.3 is 0 Å². The summed E-state index contributed by atoms with van der Waals surface area (Å²) in [6.45, 7) is 1.89. The maximum Gasteiger partial charge on any atom is 0.265 e. The van der Waals surface area contributed by atoms with Gasteiger partial charge in [0.25, 0.3) is 5.91 Å². The molecule has 0 unspecified atom stereocenters. The Kier molecular flexibility index (Phi) is 4.59. The number of carbonyl (C=O) groups excluding carboxylic acids is 2. The number of hydrogen-bond donors (Lipinski definition) is 1. The van der Waals surface area contributed by atoms with Crippen LogP contribution in [-0.2, 0) is 16.1 Å². The molecule has 7 heteroatoms. The molecule has 0 fully saturated rings. The van der Waals surface area contributed by atoms with E-state index >= 15 is 0 Å². The summed E-state index contributed by atoms with van der Waals surface area (Å²) in [5.74, 6) is 4.53. The largest absolute Gasteiger partial charge is 0.273 e. The maximum absolute atomic E-state index is 11.5. The molecule has 88 valence electrons. The van der Waals surface area contributed by atoms with Gasteiger partial charge in [0.2, 0.25) is 5.91 Å². The molecule has 0 saturated carbocycles. The molecule has 0 aliphatic heterocycles. The molecule has 1 aromatic heterocycles. The summed E-state index contributed by atoms with van der Waals surface area (Å²) < 4.78 is 1.31. The van der Waals surface area contributed by atoms with Gasteiger partial charge in [0.1, 0.15) is 6.54 Å². The molecule has 1 aromatic rings. The lowest BCUT2D eigenvalue weighted by Crippen LogP contribution is -2.44. The van der Waals surface area contributed by atoms with Crippen LogP contribution in [0.3, 0.4) is 0 Å². The number of aromatic nitrogens is 3. The molecule has 0 radical (unpaired) electrons. The lowest BCUT2D eigenvalue weighted by Gasteiger charge is -2.14. The fourth-order valence-corrected chi connectivity index (χ4v) is 1.12. The third-order valence-electron chi connectivity index (χ3n) is 2.05. The zero-order chi connectivity index (χ0) is 12.0. The van der Waals surface area contributed by atoms with Crippen LogP contribution in [0.15, 0.2) is 12.4 Å². The van der Waals surface area contributed by atoms with E-state index in [1.54, 1.807) is 0 Å². The molecule has 0 aliphatic rings. The van der Waals surface area contributed by atoms with Crippen LogP contribution >= 0.6 is 0 Å². The normalized spacial score (nSPS) is 10.1. The van der Waals surface area contributed by atoms with Gasteiger partial charge in [-0.3, -0.25) is 9.59 Å². The van der Waals surface area contributed by atoms with E-state index in [1.807, 2.05) is 6.92 Å². The van der Waals surface area contributed by atoms with Crippen molar-refractivity contribution in [3.8, 4) is 0 Å². The van der Waals surface area contributed by atoms with Gasteiger partial charge in [-0.1, -0.05) is 18.6 Å². The number of rotatable bonds is 5. The average Bonchev–Trinajstić information content (AvgIpc) is 2.77. The predicted octanol–water partition coefficient (Wildman–Crippen LogP) is -0.303. The Hall–Kier alpha value is -1.76. The highest BCUT2D eigenvalue weighted by molar-refractivity contribution is 5.94. The Morgan fingerprint density at radius 3 is 2.75 bits per heavy atom. The number of amides is 2. The number of hydrazine groups is 1. The van der Waals surface area contributed by atoms with Crippen LogP contribution in [0.25, 0.3) is 0 Å². The van der Waals surface area contributed by atoms with E-state index in [4.69, 9.17) is 5.84 Å². The smallest absolute Gasteiger partial charge is 0.265 e. The van der Waals surface area contributed by atoms with E-state index in [-0.39, 0.29) is 18.9 Å². The molecule has 2 amide bonds. The van der Waals surface area contributed by atoms with E-state index in [0.29, 0.717) is 5.01 Å². The number of imide groups is 1. The van der Waals surface area contributed by atoms with Crippen LogP contribution in [-0.4, -0.2) is 31.8 Å². The van der Waals surface area contributed by atoms with Gasteiger partial charge in [0, 0.05) is 12.6 Å². The topological polar surface area (TPSA) is 94.1 Å². The molecule has 0 saturated heterocycles. The summed E-state index contributed by atoms with van der Waals surface area (Å²) in [5, 5.41) is 7.81. The third-order valence-corrected chi connectivity index (χ3v) is 2.05. The van der Waals surface area contributed by atoms with E-state index in [2.05, 4.69) is 10.3 Å². The molecular weight excluding hydrogens is 210 g/mol. The first-order valence-corrected chi connectivity index (χ1v) is 5.09. The van der Waals surface area contributed by atoms with Gasteiger partial charge in [-0.15, -0.1) is 5.10 Å². The molecule has 1 rings (SSSR count). The summed E-state index contributed by atoms with van der Waals surface area (Å²) in [6.07, 6.45) is 4.88. The van der Waals surface area contributed by atoms with Crippen LogP contribution in [0.2, 0.25) is 0 Å². The quantitative estimate of drug-likeness (QED) is 0.421. The molecule has 16 heavy (non-hydrogen) atoms. The van der Waals surface area contributed by atoms with E-state index < -0.39 is 5.91 Å². The second kappa shape index (κ2) is 5.96. The number of carbonyl (C=O) groups is 2. The SMILES string of the molecule is CCCCC(=O)N(N)C(=O)Cn1ccnn1. The minimum atomic E-state index is -0.494. The van der Waals surface area contributed by atoms with E-state index in [9.17, 15) is 9.59 Å². The molecule has 7 nitrogen and oxygen atoms in total. The summed E-state index contributed by atoms with van der Waals surface area (Å²) in [7, 11) is 0. The van der Waals surface area contributed by atoms with E-state index in [1.165, 1.54) is 17.1 Å². The highest BCUT2D eigenvalue weighted by Crippen LogP contribution is 1.98. The molecular formula is C9H15N5O2. The van der Waals surface area contributed by atoms with Gasteiger partial charge in [0.05, 0.1) is 6.20 Å². The maximum atomic E-state index is 11.5. The highest BCUT2D eigenvalue weighted by atomic mass is 16.2. The van der Waals surface area contributed by atoms with Gasteiger partial charge in [0.15, 0.2) is 0 Å². The lowest BCUT2D eigenvalue weighted by atomic mass is 10.2. The first kappa shape index (κ1) is 12.3. The molecule has 2 N–H and O–H groups in total. The zero-order valence-electron chi connectivity index (χ0n) is 9.17. The van der Waals surface area contributed by atoms with Gasteiger partial charge < -0.3 is 0 Å². The number of nitrogens with zero attached hydrogens (tertiary/aromatic N) is 4. The average molecular weight is 225 g/mol. The van der Waals surface area contributed by atoms with Crippen LogP contribution in [0.1, 0.15) is 26.2 Å². The number of hydrogen-bond acceptors (Lipinski definition) is 5. The van der Waals surface area contributed by atoms with Crippen molar-refractivity contribution in [2.75, 3.05) is 0 Å². The van der Waals surface area contributed by atoms with Crippen molar-refractivity contribution in [3.63, 3.8) is 0 Å².